The zero-order valence-corrected chi connectivity index (χ0v) is 12.5. The lowest BCUT2D eigenvalue weighted by molar-refractivity contribution is 0.0703. The fraction of sp³-hybridized carbons (Fsp3) is 1.00. The first kappa shape index (κ1) is 8.54. The van der Waals surface area contributed by atoms with Crippen LogP contribution >= 0.6 is 45.2 Å². The predicted octanol–water partition coefficient (Wildman–Crippen LogP) is 3.37. The molecule has 6 bridgehead atoms. The maximum Gasteiger partial charge on any atom is 0.0203 e. The van der Waals surface area contributed by atoms with Crippen molar-refractivity contribution in [1.29, 1.82) is 0 Å². The first-order valence-corrected chi connectivity index (χ1v) is 8.44. The van der Waals surface area contributed by atoms with Gasteiger partial charge in [0.2, 0.25) is 0 Å². The van der Waals surface area contributed by atoms with Crippen molar-refractivity contribution in [2.75, 3.05) is 0 Å². The highest BCUT2D eigenvalue weighted by molar-refractivity contribution is 14.1. The average Bonchev–Trinajstić information content (AvgIpc) is 2.81. The molecule has 10 atom stereocenters. The van der Waals surface area contributed by atoms with Crippen molar-refractivity contribution < 1.29 is 0 Å². The van der Waals surface area contributed by atoms with Crippen LogP contribution < -0.4 is 0 Å². The Morgan fingerprint density at radius 1 is 1.00 bits per heavy atom. The Labute approximate surface area is 112 Å². The molecule has 0 aromatic carbocycles. The lowest BCUT2D eigenvalue weighted by Crippen LogP contribution is -2.37. The molecule has 76 valence electrons. The minimum Gasteiger partial charge on any atom is -0.0820 e. The van der Waals surface area contributed by atoms with Crippen molar-refractivity contribution in [3.8, 4) is 0 Å². The summed E-state index contributed by atoms with van der Waals surface area (Å²) < 4.78 is 2.10. The minimum atomic E-state index is 0.782. The van der Waals surface area contributed by atoms with Crippen LogP contribution in [0.4, 0.5) is 0 Å². The normalized spacial score (nSPS) is 85.5. The summed E-state index contributed by atoms with van der Waals surface area (Å²) >= 11 is 5.64. The van der Waals surface area contributed by atoms with Crippen LogP contribution in [0.1, 0.15) is 13.3 Å². The van der Waals surface area contributed by atoms with Gasteiger partial charge in [0.05, 0.1) is 0 Å². The Bertz CT molecular complexity index is 348. The molecule has 6 aliphatic rings. The Morgan fingerprint density at radius 2 is 1.79 bits per heavy atom. The van der Waals surface area contributed by atoms with Crippen molar-refractivity contribution >= 4 is 45.2 Å². The van der Waals surface area contributed by atoms with Gasteiger partial charge in [0.15, 0.2) is 0 Å². The van der Waals surface area contributed by atoms with Crippen LogP contribution in [0.3, 0.4) is 0 Å². The molecule has 0 amide bonds. The van der Waals surface area contributed by atoms with Gasteiger partial charge in [0, 0.05) is 7.85 Å². The van der Waals surface area contributed by atoms with Crippen LogP contribution in [0.5, 0.6) is 0 Å². The monoisotopic (exact) mass is 412 g/mol. The van der Waals surface area contributed by atoms with Gasteiger partial charge in [0.25, 0.3) is 0 Å². The minimum absolute atomic E-state index is 0.782. The summed E-state index contributed by atoms with van der Waals surface area (Å²) in [5.41, 5.74) is 0.782. The molecule has 6 aliphatic carbocycles. The Morgan fingerprint density at radius 3 is 2.50 bits per heavy atom. The second kappa shape index (κ2) is 2.08. The van der Waals surface area contributed by atoms with Crippen LogP contribution in [0.25, 0.3) is 0 Å². The van der Waals surface area contributed by atoms with E-state index in [0.717, 1.165) is 36.9 Å². The maximum atomic E-state index is 2.82. The number of rotatable bonds is 0. The molecule has 6 fully saturated rings. The summed E-state index contributed by atoms with van der Waals surface area (Å²) in [6.45, 7) is 2.65. The van der Waals surface area contributed by atoms with E-state index in [2.05, 4.69) is 52.1 Å². The molecule has 14 heavy (non-hydrogen) atoms. The summed E-state index contributed by atoms with van der Waals surface area (Å²) in [6.07, 6.45) is 1.63. The number of halogens is 2. The lowest BCUT2D eigenvalue weighted by atomic mass is 9.64. The maximum absolute atomic E-state index is 2.82. The van der Waals surface area contributed by atoms with Crippen LogP contribution in [0, 0.1) is 46.8 Å². The second-order valence-corrected chi connectivity index (χ2v) is 9.34. The van der Waals surface area contributed by atoms with E-state index in [0.29, 0.717) is 0 Å². The molecule has 6 rings (SSSR count). The van der Waals surface area contributed by atoms with E-state index in [1.165, 1.54) is 17.8 Å². The van der Waals surface area contributed by atoms with Crippen molar-refractivity contribution in [1.82, 2.24) is 0 Å². The summed E-state index contributed by atoms with van der Waals surface area (Å²) in [7, 11) is 0. The van der Waals surface area contributed by atoms with Gasteiger partial charge in [-0.05, 0) is 53.3 Å². The zero-order valence-electron chi connectivity index (χ0n) is 8.16. The molecular weight excluding hydrogens is 398 g/mol. The SMILES string of the molecule is C[C@]12C(I)C3C4C1C(I)C1C2[C@H]3C[C@H]41. The molecule has 0 aliphatic heterocycles. The van der Waals surface area contributed by atoms with Gasteiger partial charge in [-0.2, -0.15) is 0 Å². The molecule has 0 aromatic rings. The summed E-state index contributed by atoms with van der Waals surface area (Å²) in [5, 5.41) is 0. The van der Waals surface area contributed by atoms with Gasteiger partial charge in [-0.3, -0.25) is 0 Å². The molecule has 0 spiro atoms. The van der Waals surface area contributed by atoms with E-state index in [4.69, 9.17) is 0 Å². The van der Waals surface area contributed by atoms with Gasteiger partial charge in [-0.25, -0.2) is 0 Å². The highest BCUT2D eigenvalue weighted by Gasteiger charge is 2.86. The van der Waals surface area contributed by atoms with Crippen molar-refractivity contribution in [2.24, 2.45) is 46.8 Å². The fourth-order valence-electron chi connectivity index (χ4n) is 6.99. The predicted molar refractivity (Wildman–Crippen MR) is 72.8 cm³/mol. The molecule has 7 unspecified atom stereocenters. The van der Waals surface area contributed by atoms with Crippen LogP contribution in [0.2, 0.25) is 0 Å². The third-order valence-corrected chi connectivity index (χ3v) is 10.6. The van der Waals surface area contributed by atoms with Crippen LogP contribution in [-0.4, -0.2) is 7.85 Å². The number of hydrogen-bond acceptors (Lipinski definition) is 0. The quantitative estimate of drug-likeness (QED) is 0.423. The average molecular weight is 412 g/mol. The zero-order chi connectivity index (χ0) is 9.40. The first-order chi connectivity index (χ1) is 6.67. The van der Waals surface area contributed by atoms with Crippen LogP contribution in [0.15, 0.2) is 0 Å². The molecule has 0 N–H and O–H groups in total. The lowest BCUT2D eigenvalue weighted by Gasteiger charge is -2.40. The molecule has 6 saturated carbocycles. The van der Waals surface area contributed by atoms with Gasteiger partial charge in [-0.15, -0.1) is 0 Å². The molecule has 0 aromatic heterocycles. The molecular formula is C12H14I2. The molecule has 0 saturated heterocycles. The van der Waals surface area contributed by atoms with E-state index >= 15 is 0 Å². The van der Waals surface area contributed by atoms with E-state index in [9.17, 15) is 0 Å². The highest BCUT2D eigenvalue weighted by atomic mass is 127. The molecule has 0 radical (unpaired) electrons. The van der Waals surface area contributed by atoms with E-state index in [-0.39, 0.29) is 0 Å². The standard InChI is InChI=1S/C12H14I2/c1-12-8-4-2-3-5(6(4)11(12)14)9(12)10(13)7(3)8/h3-11H,2H2,1H3/t3-,4+,5?,6?,7?,8?,9?,10?,11?,12-/m1/s1. The van der Waals surface area contributed by atoms with Crippen LogP contribution in [-0.2, 0) is 0 Å². The van der Waals surface area contributed by atoms with Crippen molar-refractivity contribution in [3.63, 3.8) is 0 Å². The summed E-state index contributed by atoms with van der Waals surface area (Å²) in [4.78, 5) is 0. The van der Waals surface area contributed by atoms with Crippen molar-refractivity contribution in [2.45, 2.75) is 21.2 Å². The van der Waals surface area contributed by atoms with E-state index in [1.54, 1.807) is 6.42 Å². The Kier molecular flexibility index (Phi) is 1.27. The topological polar surface area (TPSA) is 0 Å². The van der Waals surface area contributed by atoms with Gasteiger partial charge in [0.1, 0.15) is 0 Å². The number of hydrogen-bond donors (Lipinski definition) is 0. The highest BCUT2D eigenvalue weighted by Crippen LogP contribution is 2.89. The third kappa shape index (κ3) is 0.519. The molecule has 0 heterocycles. The fourth-order valence-corrected chi connectivity index (χ4v) is 11.1. The second-order valence-electron chi connectivity index (χ2n) is 6.56. The smallest absolute Gasteiger partial charge is 0.0203 e. The first-order valence-electron chi connectivity index (χ1n) is 5.95. The van der Waals surface area contributed by atoms with E-state index in [1.807, 2.05) is 0 Å². The third-order valence-electron chi connectivity index (χ3n) is 6.84. The summed E-state index contributed by atoms with van der Waals surface area (Å²) in [6, 6.07) is 0. The molecule has 0 nitrogen and oxygen atoms in total. The Balaban J connectivity index is 1.88. The summed E-state index contributed by atoms with van der Waals surface area (Å²) in [5.74, 6) is 8.18. The number of alkyl halides is 2. The van der Waals surface area contributed by atoms with E-state index < -0.39 is 0 Å². The van der Waals surface area contributed by atoms with Crippen molar-refractivity contribution in [3.05, 3.63) is 0 Å². The van der Waals surface area contributed by atoms with Gasteiger partial charge >= 0.3 is 0 Å². The van der Waals surface area contributed by atoms with Gasteiger partial charge in [-0.1, -0.05) is 52.1 Å². The molecule has 2 heteroatoms. The Hall–Kier alpha value is 1.46. The van der Waals surface area contributed by atoms with Gasteiger partial charge < -0.3 is 0 Å². The largest absolute Gasteiger partial charge is 0.0820 e.